The summed E-state index contributed by atoms with van der Waals surface area (Å²) < 4.78 is 25.8. The van der Waals surface area contributed by atoms with E-state index in [1.807, 2.05) is 0 Å². The van der Waals surface area contributed by atoms with Crippen LogP contribution >= 0.6 is 0 Å². The first-order valence-corrected chi connectivity index (χ1v) is 5.56. The Morgan fingerprint density at radius 1 is 1.06 bits per heavy atom. The van der Waals surface area contributed by atoms with Crippen molar-refractivity contribution < 1.29 is 18.4 Å². The number of rotatable bonds is 2. The molecule has 0 bridgehead atoms. The van der Waals surface area contributed by atoms with E-state index in [1.54, 1.807) is 0 Å². The van der Waals surface area contributed by atoms with Crippen LogP contribution in [-0.2, 0) is 9.59 Å². The van der Waals surface area contributed by atoms with Gasteiger partial charge in [0, 0.05) is 25.9 Å². The standard InChI is InChI=1S/C11H15F2NO2/c1-8(15)10(2-3-10)9(16)14-6-4-11(12,13)5-7-14/h2-7H2,1H3. The molecule has 2 aliphatic rings. The lowest BCUT2D eigenvalue weighted by molar-refractivity contribution is -0.147. The summed E-state index contributed by atoms with van der Waals surface area (Å²) in [6.45, 7) is 1.55. The Kier molecular flexibility index (Phi) is 2.51. The van der Waals surface area contributed by atoms with Crippen molar-refractivity contribution in [3.05, 3.63) is 0 Å². The van der Waals surface area contributed by atoms with Gasteiger partial charge in [-0.3, -0.25) is 9.59 Å². The van der Waals surface area contributed by atoms with Gasteiger partial charge >= 0.3 is 0 Å². The molecule has 0 aromatic carbocycles. The van der Waals surface area contributed by atoms with Crippen molar-refractivity contribution in [3.8, 4) is 0 Å². The summed E-state index contributed by atoms with van der Waals surface area (Å²) in [6, 6.07) is 0. The highest BCUT2D eigenvalue weighted by Gasteiger charge is 2.56. The van der Waals surface area contributed by atoms with Crippen molar-refractivity contribution in [1.82, 2.24) is 4.90 Å². The van der Waals surface area contributed by atoms with Crippen LogP contribution in [0.2, 0.25) is 0 Å². The highest BCUT2D eigenvalue weighted by Crippen LogP contribution is 2.48. The van der Waals surface area contributed by atoms with Crippen LogP contribution in [0, 0.1) is 5.41 Å². The first-order valence-electron chi connectivity index (χ1n) is 5.56. The number of halogens is 2. The third kappa shape index (κ3) is 1.83. The number of nitrogens with zero attached hydrogens (tertiary/aromatic N) is 1. The molecule has 1 saturated heterocycles. The molecular formula is C11H15F2NO2. The van der Waals surface area contributed by atoms with E-state index >= 15 is 0 Å². The molecule has 1 saturated carbocycles. The fourth-order valence-electron chi connectivity index (χ4n) is 2.18. The number of carbonyl (C=O) groups is 2. The molecule has 16 heavy (non-hydrogen) atoms. The molecular weight excluding hydrogens is 216 g/mol. The van der Waals surface area contributed by atoms with Crippen molar-refractivity contribution in [1.29, 1.82) is 0 Å². The molecule has 0 unspecified atom stereocenters. The summed E-state index contributed by atoms with van der Waals surface area (Å²) >= 11 is 0. The molecule has 2 rings (SSSR count). The Balaban J connectivity index is 2.00. The lowest BCUT2D eigenvalue weighted by Crippen LogP contribution is -2.47. The molecule has 2 fully saturated rings. The van der Waals surface area contributed by atoms with Crippen molar-refractivity contribution in [2.45, 2.75) is 38.5 Å². The van der Waals surface area contributed by atoms with Crippen LogP contribution in [0.15, 0.2) is 0 Å². The van der Waals surface area contributed by atoms with E-state index in [4.69, 9.17) is 0 Å². The van der Waals surface area contributed by atoms with Crippen LogP contribution in [0.5, 0.6) is 0 Å². The average Bonchev–Trinajstić information content (AvgIpc) is 2.97. The molecule has 3 nitrogen and oxygen atoms in total. The Labute approximate surface area is 92.8 Å². The molecule has 0 aromatic rings. The summed E-state index contributed by atoms with van der Waals surface area (Å²) in [4.78, 5) is 24.8. The number of amides is 1. The maximum atomic E-state index is 12.9. The number of alkyl halides is 2. The van der Waals surface area contributed by atoms with Crippen LogP contribution in [-0.4, -0.2) is 35.6 Å². The normalized spacial score (nSPS) is 26.3. The first kappa shape index (κ1) is 11.5. The Hall–Kier alpha value is -1.00. The zero-order valence-corrected chi connectivity index (χ0v) is 9.26. The summed E-state index contributed by atoms with van der Waals surface area (Å²) in [5.74, 6) is -3.02. The number of Topliss-reactive ketones (excluding diaryl/α,β-unsaturated/α-hetero) is 1. The van der Waals surface area contributed by atoms with Gasteiger partial charge in [0.25, 0.3) is 5.92 Å². The molecule has 1 heterocycles. The van der Waals surface area contributed by atoms with Crippen LogP contribution in [0.3, 0.4) is 0 Å². The second kappa shape index (κ2) is 3.50. The van der Waals surface area contributed by atoms with Crippen molar-refractivity contribution >= 4 is 11.7 Å². The molecule has 1 amide bonds. The second-order valence-corrected chi connectivity index (χ2v) is 4.79. The third-order valence-corrected chi connectivity index (χ3v) is 3.62. The maximum absolute atomic E-state index is 12.9. The molecule has 5 heteroatoms. The van der Waals surface area contributed by atoms with Crippen molar-refractivity contribution in [3.63, 3.8) is 0 Å². The second-order valence-electron chi connectivity index (χ2n) is 4.79. The van der Waals surface area contributed by atoms with Gasteiger partial charge in [-0.25, -0.2) is 8.78 Å². The van der Waals surface area contributed by atoms with Gasteiger partial charge in [0.15, 0.2) is 0 Å². The van der Waals surface area contributed by atoms with E-state index in [2.05, 4.69) is 0 Å². The fourth-order valence-corrected chi connectivity index (χ4v) is 2.18. The molecule has 0 aromatic heterocycles. The predicted molar refractivity (Wildman–Crippen MR) is 53.1 cm³/mol. The number of ketones is 1. The minimum Gasteiger partial charge on any atom is -0.341 e. The quantitative estimate of drug-likeness (QED) is 0.677. The summed E-state index contributed by atoms with van der Waals surface area (Å²) in [7, 11) is 0. The van der Waals surface area contributed by atoms with Gasteiger partial charge in [-0.2, -0.15) is 0 Å². The van der Waals surface area contributed by atoms with Crippen LogP contribution in [0.25, 0.3) is 0 Å². The topological polar surface area (TPSA) is 37.4 Å². The highest BCUT2D eigenvalue weighted by molar-refractivity contribution is 6.07. The Bertz CT molecular complexity index is 327. The first-order chi connectivity index (χ1) is 7.37. The van der Waals surface area contributed by atoms with Gasteiger partial charge in [-0.15, -0.1) is 0 Å². The third-order valence-electron chi connectivity index (χ3n) is 3.62. The van der Waals surface area contributed by atoms with E-state index in [9.17, 15) is 18.4 Å². The molecule has 90 valence electrons. The van der Waals surface area contributed by atoms with Crippen molar-refractivity contribution in [2.24, 2.45) is 5.41 Å². The predicted octanol–water partition coefficient (Wildman–Crippen LogP) is 1.61. The molecule has 1 aliphatic heterocycles. The van der Waals surface area contributed by atoms with Crippen LogP contribution in [0.1, 0.15) is 32.6 Å². The van der Waals surface area contributed by atoms with Gasteiger partial charge < -0.3 is 4.90 Å². The van der Waals surface area contributed by atoms with Crippen LogP contribution in [0.4, 0.5) is 8.78 Å². The van der Waals surface area contributed by atoms with Gasteiger partial charge in [0.1, 0.15) is 11.2 Å². The lowest BCUT2D eigenvalue weighted by Gasteiger charge is -2.33. The maximum Gasteiger partial charge on any atom is 0.251 e. The van der Waals surface area contributed by atoms with Gasteiger partial charge in [0.05, 0.1) is 0 Å². The molecule has 0 atom stereocenters. The summed E-state index contributed by atoms with van der Waals surface area (Å²) in [5, 5.41) is 0. The van der Waals surface area contributed by atoms with Gasteiger partial charge in [-0.1, -0.05) is 0 Å². The van der Waals surface area contributed by atoms with Crippen molar-refractivity contribution in [2.75, 3.05) is 13.1 Å². The average molecular weight is 231 g/mol. The number of piperidine rings is 1. The van der Waals surface area contributed by atoms with Gasteiger partial charge in [0.2, 0.25) is 5.91 Å². The lowest BCUT2D eigenvalue weighted by atomic mass is 9.98. The number of likely N-dealkylation sites (tertiary alicyclic amines) is 1. The number of carbonyl (C=O) groups excluding carboxylic acids is 2. The van der Waals surface area contributed by atoms with Gasteiger partial charge in [-0.05, 0) is 19.8 Å². The Morgan fingerprint density at radius 3 is 1.94 bits per heavy atom. The van der Waals surface area contributed by atoms with Crippen LogP contribution < -0.4 is 0 Å². The minimum absolute atomic E-state index is 0.0703. The van der Waals surface area contributed by atoms with E-state index in [1.165, 1.54) is 11.8 Å². The summed E-state index contributed by atoms with van der Waals surface area (Å²) in [5.41, 5.74) is -0.855. The molecule has 0 N–H and O–H groups in total. The number of hydrogen-bond donors (Lipinski definition) is 0. The van der Waals surface area contributed by atoms with E-state index in [0.29, 0.717) is 12.8 Å². The largest absolute Gasteiger partial charge is 0.341 e. The Morgan fingerprint density at radius 2 is 1.56 bits per heavy atom. The zero-order valence-electron chi connectivity index (χ0n) is 9.26. The molecule has 0 radical (unpaired) electrons. The zero-order chi connectivity index (χ0) is 12.0. The number of hydrogen-bond acceptors (Lipinski definition) is 2. The smallest absolute Gasteiger partial charge is 0.251 e. The van der Waals surface area contributed by atoms with E-state index < -0.39 is 11.3 Å². The molecule has 0 spiro atoms. The monoisotopic (exact) mass is 231 g/mol. The highest BCUT2D eigenvalue weighted by atomic mass is 19.3. The minimum atomic E-state index is -2.65. The van der Waals surface area contributed by atoms with E-state index in [-0.39, 0.29) is 37.6 Å². The molecule has 1 aliphatic carbocycles. The summed E-state index contributed by atoms with van der Waals surface area (Å²) in [6.07, 6.45) is 0.585. The van der Waals surface area contributed by atoms with E-state index in [0.717, 1.165) is 0 Å². The SMILES string of the molecule is CC(=O)C1(C(=O)N2CCC(F)(F)CC2)CC1. The fraction of sp³-hybridized carbons (Fsp3) is 0.818.